The molecule has 0 spiro atoms. The van der Waals surface area contributed by atoms with E-state index in [4.69, 9.17) is 9.05 Å². The fourth-order valence-corrected chi connectivity index (χ4v) is 5.53. The first kappa shape index (κ1) is 28.8. The number of ether oxygens (including phenoxy) is 1. The maximum atomic E-state index is 13.0. The van der Waals surface area contributed by atoms with Crippen molar-refractivity contribution in [2.45, 2.75) is 71.4 Å². The van der Waals surface area contributed by atoms with Crippen LogP contribution in [0.3, 0.4) is 0 Å². The third-order valence-corrected chi connectivity index (χ3v) is 7.75. The van der Waals surface area contributed by atoms with Gasteiger partial charge in [0.1, 0.15) is 5.75 Å². The highest BCUT2D eigenvalue weighted by Crippen LogP contribution is 2.47. The van der Waals surface area contributed by atoms with Crippen LogP contribution in [0.1, 0.15) is 72.2 Å². The van der Waals surface area contributed by atoms with Crippen LogP contribution in [0.25, 0.3) is 11.1 Å². The molecule has 6 rings (SSSR count). The van der Waals surface area contributed by atoms with Crippen molar-refractivity contribution in [3.8, 4) is 16.9 Å². The Bertz CT molecular complexity index is 1630. The molecule has 13 heteroatoms. The number of hydrogen-bond donors (Lipinski definition) is 1. The molecule has 2 atom stereocenters. The van der Waals surface area contributed by atoms with E-state index in [1.165, 1.54) is 12.1 Å². The molecule has 2 aromatic heterocycles. The normalized spacial score (nSPS) is 18.5. The van der Waals surface area contributed by atoms with Gasteiger partial charge in [-0.3, -0.25) is 9.69 Å². The van der Waals surface area contributed by atoms with Crippen LogP contribution in [0, 0.1) is 12.8 Å². The monoisotopic (exact) mass is 596 g/mol. The lowest BCUT2D eigenvalue weighted by atomic mass is 9.87. The van der Waals surface area contributed by atoms with Gasteiger partial charge in [0.05, 0.1) is 18.4 Å². The standard InChI is InChI=1S/C30H31F3N6O4/c1-16(2)28-36-26(38-42-28)15-39-10-9-22-21(18-5-4-6-20(11-18)41-30(31,32)33)8-7-19(25(22)14-39)13-34-27(40)23-12-24(23)29-35-17(3)37-43-29/h4-8,11,16,23-24H,9-10,12-15H2,1-3H3,(H,34,40)/t23-,24-/m0/s1. The molecule has 1 fully saturated rings. The van der Waals surface area contributed by atoms with Crippen molar-refractivity contribution in [2.75, 3.05) is 6.54 Å². The summed E-state index contributed by atoms with van der Waals surface area (Å²) in [6, 6.07) is 9.82. The SMILES string of the molecule is Cc1noc([C@H]2C[C@@H]2C(=O)NCc2ccc(-c3cccc(OC(F)(F)F)c3)c3c2CN(Cc2noc(C(C)C)n2)CC3)n1. The van der Waals surface area contributed by atoms with E-state index in [1.807, 2.05) is 26.0 Å². The van der Waals surface area contributed by atoms with Gasteiger partial charge in [-0.05, 0) is 59.7 Å². The lowest BCUT2D eigenvalue weighted by Gasteiger charge is -2.31. The maximum absolute atomic E-state index is 13.0. The van der Waals surface area contributed by atoms with Crippen molar-refractivity contribution < 1.29 is 31.7 Å². The summed E-state index contributed by atoms with van der Waals surface area (Å²) in [6.07, 6.45) is -3.49. The van der Waals surface area contributed by atoms with Gasteiger partial charge in [-0.1, -0.05) is 48.4 Å². The van der Waals surface area contributed by atoms with E-state index in [1.54, 1.807) is 19.1 Å². The zero-order chi connectivity index (χ0) is 30.3. The van der Waals surface area contributed by atoms with E-state index < -0.39 is 6.36 Å². The Morgan fingerprint density at radius 2 is 1.98 bits per heavy atom. The highest BCUT2D eigenvalue weighted by atomic mass is 19.4. The van der Waals surface area contributed by atoms with Gasteiger partial charge >= 0.3 is 6.36 Å². The zero-order valence-corrected chi connectivity index (χ0v) is 23.9. The first-order valence-corrected chi connectivity index (χ1v) is 14.2. The Hall–Kier alpha value is -4.26. The predicted molar refractivity (Wildman–Crippen MR) is 146 cm³/mol. The van der Waals surface area contributed by atoms with Gasteiger partial charge < -0.3 is 19.1 Å². The molecule has 0 unspecified atom stereocenters. The average Bonchev–Trinajstić information content (AvgIpc) is 3.41. The van der Waals surface area contributed by atoms with Crippen molar-refractivity contribution in [3.63, 3.8) is 0 Å². The van der Waals surface area contributed by atoms with Crippen LogP contribution in [0.15, 0.2) is 45.4 Å². The summed E-state index contributed by atoms with van der Waals surface area (Å²) in [7, 11) is 0. The molecule has 4 aromatic rings. The number of amides is 1. The largest absolute Gasteiger partial charge is 0.573 e. The molecular formula is C30H31F3N6O4. The highest BCUT2D eigenvalue weighted by molar-refractivity contribution is 5.82. The topological polar surface area (TPSA) is 119 Å². The van der Waals surface area contributed by atoms with E-state index in [2.05, 4.69) is 35.2 Å². The van der Waals surface area contributed by atoms with Crippen molar-refractivity contribution in [3.05, 3.63) is 76.5 Å². The molecule has 0 saturated heterocycles. The quantitative estimate of drug-likeness (QED) is 0.270. The zero-order valence-electron chi connectivity index (χ0n) is 23.9. The lowest BCUT2D eigenvalue weighted by Crippen LogP contribution is -2.33. The number of nitrogens with one attached hydrogen (secondary N) is 1. The fraction of sp³-hybridized carbons (Fsp3) is 0.433. The molecule has 1 amide bonds. The van der Waals surface area contributed by atoms with Crippen molar-refractivity contribution in [1.82, 2.24) is 30.5 Å². The summed E-state index contributed by atoms with van der Waals surface area (Å²) in [4.78, 5) is 23.9. The molecule has 1 aliphatic carbocycles. The number of carbonyl (C=O) groups excluding carboxylic acids is 1. The van der Waals surface area contributed by atoms with Crippen LogP contribution in [0.2, 0.25) is 0 Å². The third-order valence-electron chi connectivity index (χ3n) is 7.75. The second kappa shape index (κ2) is 11.4. The molecule has 1 N–H and O–H groups in total. The fourth-order valence-electron chi connectivity index (χ4n) is 5.53. The van der Waals surface area contributed by atoms with Crippen LogP contribution in [-0.2, 0) is 30.8 Å². The minimum atomic E-state index is -4.78. The van der Waals surface area contributed by atoms with E-state index in [-0.39, 0.29) is 29.4 Å². The number of aryl methyl sites for hydroxylation is 1. The van der Waals surface area contributed by atoms with Gasteiger partial charge in [0, 0.05) is 25.6 Å². The van der Waals surface area contributed by atoms with Crippen molar-refractivity contribution in [1.29, 1.82) is 0 Å². The first-order chi connectivity index (χ1) is 20.5. The highest BCUT2D eigenvalue weighted by Gasteiger charge is 2.47. The number of alkyl halides is 3. The lowest BCUT2D eigenvalue weighted by molar-refractivity contribution is -0.274. The van der Waals surface area contributed by atoms with Crippen LogP contribution in [0.5, 0.6) is 5.75 Å². The molecule has 3 heterocycles. The summed E-state index contributed by atoms with van der Waals surface area (Å²) in [6.45, 7) is 7.73. The number of carbonyl (C=O) groups is 1. The molecular weight excluding hydrogens is 565 g/mol. The Morgan fingerprint density at radius 1 is 1.14 bits per heavy atom. The smallest absolute Gasteiger partial charge is 0.406 e. The summed E-state index contributed by atoms with van der Waals surface area (Å²) in [5.74, 6) is 1.63. The van der Waals surface area contributed by atoms with Crippen LogP contribution < -0.4 is 10.1 Å². The van der Waals surface area contributed by atoms with Gasteiger partial charge in [0.25, 0.3) is 0 Å². The van der Waals surface area contributed by atoms with Crippen LogP contribution in [0.4, 0.5) is 13.2 Å². The number of aromatic nitrogens is 4. The van der Waals surface area contributed by atoms with Gasteiger partial charge in [-0.15, -0.1) is 13.2 Å². The maximum Gasteiger partial charge on any atom is 0.573 e. The predicted octanol–water partition coefficient (Wildman–Crippen LogP) is 5.43. The molecule has 10 nitrogen and oxygen atoms in total. The van der Waals surface area contributed by atoms with Crippen LogP contribution >= 0.6 is 0 Å². The molecule has 1 aliphatic heterocycles. The Balaban J connectivity index is 1.24. The summed E-state index contributed by atoms with van der Waals surface area (Å²) < 4.78 is 53.5. The van der Waals surface area contributed by atoms with Crippen molar-refractivity contribution in [2.24, 2.45) is 5.92 Å². The number of fused-ring (bicyclic) bond motifs is 1. The van der Waals surface area contributed by atoms with E-state index >= 15 is 0 Å². The third kappa shape index (κ3) is 6.56. The number of halogens is 3. The molecule has 0 radical (unpaired) electrons. The van der Waals surface area contributed by atoms with E-state index in [9.17, 15) is 18.0 Å². The van der Waals surface area contributed by atoms with Crippen molar-refractivity contribution >= 4 is 5.91 Å². The number of benzene rings is 2. The molecule has 43 heavy (non-hydrogen) atoms. The molecule has 226 valence electrons. The summed E-state index contributed by atoms with van der Waals surface area (Å²) in [5.41, 5.74) is 4.42. The number of hydrogen-bond acceptors (Lipinski definition) is 9. The van der Waals surface area contributed by atoms with Gasteiger partial charge in [0.2, 0.25) is 17.7 Å². The number of nitrogens with zero attached hydrogens (tertiary/aromatic N) is 5. The minimum absolute atomic E-state index is 0.0788. The Kier molecular flexibility index (Phi) is 7.67. The number of rotatable bonds is 9. The first-order valence-electron chi connectivity index (χ1n) is 14.2. The average molecular weight is 597 g/mol. The molecule has 0 bridgehead atoms. The molecule has 1 saturated carbocycles. The second-order valence-electron chi connectivity index (χ2n) is 11.3. The summed E-state index contributed by atoms with van der Waals surface area (Å²) >= 11 is 0. The summed E-state index contributed by atoms with van der Waals surface area (Å²) in [5, 5.41) is 11.0. The molecule has 2 aliphatic rings. The second-order valence-corrected chi connectivity index (χ2v) is 11.3. The molecule has 2 aromatic carbocycles. The van der Waals surface area contributed by atoms with Gasteiger partial charge in [-0.25, -0.2) is 0 Å². The Morgan fingerprint density at radius 3 is 2.70 bits per heavy atom. The minimum Gasteiger partial charge on any atom is -0.406 e. The Labute approximate surface area is 245 Å². The van der Waals surface area contributed by atoms with Crippen LogP contribution in [-0.4, -0.2) is 44.0 Å². The van der Waals surface area contributed by atoms with E-state index in [0.717, 1.165) is 22.3 Å². The van der Waals surface area contributed by atoms with Gasteiger partial charge in [0.15, 0.2) is 11.6 Å². The van der Waals surface area contributed by atoms with Gasteiger partial charge in [-0.2, -0.15) is 9.97 Å². The van der Waals surface area contributed by atoms with E-state index in [0.29, 0.717) is 68.0 Å².